The van der Waals surface area contributed by atoms with Crippen LogP contribution in [0.15, 0.2) is 24.4 Å². The molecular weight excluding hydrogens is 238 g/mol. The van der Waals surface area contributed by atoms with E-state index in [1.165, 1.54) is 4.31 Å². The van der Waals surface area contributed by atoms with Gasteiger partial charge in [-0.2, -0.15) is 17.4 Å². The Balaban J connectivity index is 2.79. The topological polar surface area (TPSA) is 62.3 Å². The number of aromatic nitrogens is 1. The van der Waals surface area contributed by atoms with Gasteiger partial charge in [0.25, 0.3) is 10.2 Å². The monoisotopic (exact) mass is 257 g/mol. The summed E-state index contributed by atoms with van der Waals surface area (Å²) in [5.74, 6) is 0. The Labute approximate surface area is 103 Å². The molecule has 0 saturated carbocycles. The van der Waals surface area contributed by atoms with Gasteiger partial charge in [-0.1, -0.05) is 6.07 Å². The highest BCUT2D eigenvalue weighted by molar-refractivity contribution is 7.87. The highest BCUT2D eigenvalue weighted by Gasteiger charge is 2.23. The van der Waals surface area contributed by atoms with Crippen LogP contribution >= 0.6 is 0 Å². The van der Waals surface area contributed by atoms with Crippen LogP contribution in [0.2, 0.25) is 0 Å². The maximum atomic E-state index is 11.9. The number of hydrogen-bond donors (Lipinski definition) is 1. The molecular formula is C11H19N3O2S. The van der Waals surface area contributed by atoms with Crippen LogP contribution < -0.4 is 4.72 Å². The van der Waals surface area contributed by atoms with Crippen LogP contribution in [0.4, 0.5) is 0 Å². The Bertz CT molecular complexity index is 445. The third kappa shape index (κ3) is 3.76. The van der Waals surface area contributed by atoms with E-state index in [-0.39, 0.29) is 12.1 Å². The van der Waals surface area contributed by atoms with E-state index in [0.29, 0.717) is 5.69 Å². The maximum Gasteiger partial charge on any atom is 0.280 e. The molecule has 0 aliphatic heterocycles. The van der Waals surface area contributed by atoms with E-state index in [4.69, 9.17) is 0 Å². The zero-order valence-electron chi connectivity index (χ0n) is 10.6. The summed E-state index contributed by atoms with van der Waals surface area (Å²) in [4.78, 5) is 4.12. The molecule has 96 valence electrons. The van der Waals surface area contributed by atoms with Crippen molar-refractivity contribution in [2.75, 3.05) is 7.05 Å². The summed E-state index contributed by atoms with van der Waals surface area (Å²) in [6, 6.07) is 5.00. The van der Waals surface area contributed by atoms with Gasteiger partial charge in [-0.25, -0.2) is 0 Å². The number of nitrogens with one attached hydrogen (secondary N) is 1. The van der Waals surface area contributed by atoms with E-state index in [9.17, 15) is 8.42 Å². The average molecular weight is 257 g/mol. The Morgan fingerprint density at radius 1 is 1.29 bits per heavy atom. The fourth-order valence-electron chi connectivity index (χ4n) is 1.28. The van der Waals surface area contributed by atoms with Crippen molar-refractivity contribution in [3.05, 3.63) is 30.1 Å². The molecule has 0 aromatic carbocycles. The summed E-state index contributed by atoms with van der Waals surface area (Å²) in [5, 5.41) is 0. The summed E-state index contributed by atoms with van der Waals surface area (Å²) in [6.07, 6.45) is 1.65. The van der Waals surface area contributed by atoms with Gasteiger partial charge < -0.3 is 0 Å². The predicted molar refractivity (Wildman–Crippen MR) is 67.6 cm³/mol. The van der Waals surface area contributed by atoms with Gasteiger partial charge in [-0.3, -0.25) is 4.98 Å². The Morgan fingerprint density at radius 3 is 2.41 bits per heavy atom. The molecule has 1 aromatic rings. The van der Waals surface area contributed by atoms with Gasteiger partial charge in [0.15, 0.2) is 0 Å². The van der Waals surface area contributed by atoms with Crippen LogP contribution in [-0.2, 0) is 10.2 Å². The van der Waals surface area contributed by atoms with E-state index < -0.39 is 10.2 Å². The smallest absolute Gasteiger partial charge is 0.260 e. The van der Waals surface area contributed by atoms with E-state index in [1.54, 1.807) is 32.3 Å². The lowest BCUT2D eigenvalue weighted by molar-refractivity contribution is 0.397. The van der Waals surface area contributed by atoms with Crippen molar-refractivity contribution in [3.8, 4) is 0 Å². The molecule has 0 amide bonds. The maximum absolute atomic E-state index is 11.9. The minimum atomic E-state index is -3.46. The summed E-state index contributed by atoms with van der Waals surface area (Å²) in [7, 11) is -1.91. The van der Waals surface area contributed by atoms with Gasteiger partial charge in [-0.15, -0.1) is 0 Å². The molecule has 1 aromatic heterocycles. The lowest BCUT2D eigenvalue weighted by Gasteiger charge is -2.23. The molecule has 0 radical (unpaired) electrons. The van der Waals surface area contributed by atoms with Gasteiger partial charge >= 0.3 is 0 Å². The summed E-state index contributed by atoms with van der Waals surface area (Å²) in [6.45, 7) is 5.42. The third-order valence-corrected chi connectivity index (χ3v) is 4.39. The van der Waals surface area contributed by atoms with Crippen molar-refractivity contribution in [2.24, 2.45) is 0 Å². The van der Waals surface area contributed by atoms with Crippen LogP contribution in [0.3, 0.4) is 0 Å². The lowest BCUT2D eigenvalue weighted by Crippen LogP contribution is -2.42. The van der Waals surface area contributed by atoms with Crippen LogP contribution in [0, 0.1) is 0 Å². The first kappa shape index (κ1) is 14.1. The minimum Gasteiger partial charge on any atom is -0.260 e. The van der Waals surface area contributed by atoms with Crippen molar-refractivity contribution in [1.29, 1.82) is 0 Å². The van der Waals surface area contributed by atoms with Crippen molar-refractivity contribution in [2.45, 2.75) is 32.9 Å². The second kappa shape index (κ2) is 5.57. The van der Waals surface area contributed by atoms with Crippen LogP contribution in [0.1, 0.15) is 32.5 Å². The minimum absolute atomic E-state index is 0.0802. The summed E-state index contributed by atoms with van der Waals surface area (Å²) < 4.78 is 27.8. The normalized spacial score (nSPS) is 14.2. The molecule has 1 N–H and O–H groups in total. The molecule has 0 spiro atoms. The van der Waals surface area contributed by atoms with Crippen molar-refractivity contribution < 1.29 is 8.42 Å². The van der Waals surface area contributed by atoms with E-state index in [1.807, 2.05) is 19.9 Å². The summed E-state index contributed by atoms with van der Waals surface area (Å²) in [5.41, 5.74) is 0.702. The number of pyridine rings is 1. The van der Waals surface area contributed by atoms with E-state index in [2.05, 4.69) is 9.71 Å². The second-order valence-corrected chi connectivity index (χ2v) is 5.97. The van der Waals surface area contributed by atoms with Crippen LogP contribution in [-0.4, -0.2) is 30.8 Å². The fourth-order valence-corrected chi connectivity index (χ4v) is 2.57. The molecule has 0 fully saturated rings. The molecule has 0 unspecified atom stereocenters. The third-order valence-electron chi connectivity index (χ3n) is 2.56. The number of rotatable bonds is 5. The second-order valence-electron chi connectivity index (χ2n) is 4.21. The van der Waals surface area contributed by atoms with Gasteiger partial charge in [0, 0.05) is 19.3 Å². The SMILES string of the molecule is CC(C)N(C)S(=O)(=O)N[C@@H](C)c1ccccn1. The van der Waals surface area contributed by atoms with Crippen molar-refractivity contribution in [3.63, 3.8) is 0 Å². The molecule has 0 bridgehead atoms. The molecule has 6 heteroatoms. The highest BCUT2D eigenvalue weighted by atomic mass is 32.2. The van der Waals surface area contributed by atoms with Crippen LogP contribution in [0.25, 0.3) is 0 Å². The van der Waals surface area contributed by atoms with E-state index in [0.717, 1.165) is 0 Å². The zero-order valence-corrected chi connectivity index (χ0v) is 11.4. The molecule has 17 heavy (non-hydrogen) atoms. The van der Waals surface area contributed by atoms with Crippen LogP contribution in [0.5, 0.6) is 0 Å². The predicted octanol–water partition coefficient (Wildman–Crippen LogP) is 1.32. The number of hydrogen-bond acceptors (Lipinski definition) is 3. The van der Waals surface area contributed by atoms with Gasteiger partial charge in [0.05, 0.1) is 11.7 Å². The van der Waals surface area contributed by atoms with Gasteiger partial charge in [0.2, 0.25) is 0 Å². The fraction of sp³-hybridized carbons (Fsp3) is 0.545. The molecule has 5 nitrogen and oxygen atoms in total. The van der Waals surface area contributed by atoms with Gasteiger partial charge in [-0.05, 0) is 32.9 Å². The first-order valence-electron chi connectivity index (χ1n) is 5.51. The zero-order chi connectivity index (χ0) is 13.1. The van der Waals surface area contributed by atoms with E-state index >= 15 is 0 Å². The quantitative estimate of drug-likeness (QED) is 0.865. The number of nitrogens with zero attached hydrogens (tertiary/aromatic N) is 2. The Morgan fingerprint density at radius 2 is 1.94 bits per heavy atom. The molecule has 1 heterocycles. The van der Waals surface area contributed by atoms with Crippen molar-refractivity contribution in [1.82, 2.24) is 14.0 Å². The largest absolute Gasteiger partial charge is 0.280 e. The molecule has 0 aliphatic carbocycles. The Kier molecular flexibility index (Phi) is 4.62. The summed E-state index contributed by atoms with van der Waals surface area (Å²) >= 11 is 0. The van der Waals surface area contributed by atoms with Gasteiger partial charge in [0.1, 0.15) is 0 Å². The molecule has 1 rings (SSSR count). The first-order valence-corrected chi connectivity index (χ1v) is 6.95. The molecule has 0 saturated heterocycles. The molecule has 1 atom stereocenters. The molecule has 0 aliphatic rings. The first-order chi connectivity index (χ1) is 7.84. The standard InChI is InChI=1S/C11H19N3O2S/c1-9(2)14(4)17(15,16)13-10(3)11-7-5-6-8-12-11/h5-10,13H,1-4H3/t10-/m0/s1. The highest BCUT2D eigenvalue weighted by Crippen LogP contribution is 2.11. The lowest BCUT2D eigenvalue weighted by atomic mass is 10.2. The van der Waals surface area contributed by atoms with Crippen molar-refractivity contribution >= 4 is 10.2 Å². The Hall–Kier alpha value is -0.980. The average Bonchev–Trinajstić information content (AvgIpc) is 2.28.